The first-order valence-electron chi connectivity index (χ1n) is 5.25. The molecule has 0 N–H and O–H groups in total. The first kappa shape index (κ1) is 12.6. The van der Waals surface area contributed by atoms with E-state index in [0.717, 1.165) is 5.56 Å². The Hall–Kier alpha value is -1.86. The van der Waals surface area contributed by atoms with Crippen molar-refractivity contribution in [3.63, 3.8) is 0 Å². The number of benzene rings is 2. The Morgan fingerprint density at radius 1 is 1.22 bits per heavy atom. The molecule has 0 spiro atoms. The molecule has 4 heteroatoms. The van der Waals surface area contributed by atoms with Gasteiger partial charge in [-0.05, 0) is 36.4 Å². The lowest BCUT2D eigenvalue weighted by molar-refractivity contribution is 0.476. The van der Waals surface area contributed by atoms with Crippen molar-refractivity contribution in [1.29, 1.82) is 5.26 Å². The first-order valence-corrected chi connectivity index (χ1v) is 6.37. The van der Waals surface area contributed by atoms with Crippen molar-refractivity contribution in [1.82, 2.24) is 0 Å². The van der Waals surface area contributed by atoms with Crippen molar-refractivity contribution in [2.75, 3.05) is 0 Å². The SMILES string of the molecule is N#Cc1cccc(Oc2ccc(F)cc2CBr)c1. The molecule has 0 aliphatic rings. The monoisotopic (exact) mass is 305 g/mol. The molecule has 0 amide bonds. The van der Waals surface area contributed by atoms with Crippen molar-refractivity contribution in [3.05, 3.63) is 59.4 Å². The minimum absolute atomic E-state index is 0.303. The topological polar surface area (TPSA) is 33.0 Å². The van der Waals surface area contributed by atoms with Crippen molar-refractivity contribution in [2.45, 2.75) is 5.33 Å². The van der Waals surface area contributed by atoms with Crippen LogP contribution in [0.2, 0.25) is 0 Å². The van der Waals surface area contributed by atoms with Crippen LogP contribution >= 0.6 is 15.9 Å². The zero-order chi connectivity index (χ0) is 13.0. The summed E-state index contributed by atoms with van der Waals surface area (Å²) in [7, 11) is 0. The van der Waals surface area contributed by atoms with E-state index in [-0.39, 0.29) is 5.82 Å². The summed E-state index contributed by atoms with van der Waals surface area (Å²) in [5.74, 6) is 0.828. The summed E-state index contributed by atoms with van der Waals surface area (Å²) < 4.78 is 18.7. The molecule has 0 aliphatic carbocycles. The summed E-state index contributed by atoms with van der Waals surface area (Å²) in [5.41, 5.74) is 1.24. The highest BCUT2D eigenvalue weighted by molar-refractivity contribution is 9.08. The summed E-state index contributed by atoms with van der Waals surface area (Å²) in [4.78, 5) is 0. The number of halogens is 2. The molecule has 0 aromatic heterocycles. The highest BCUT2D eigenvalue weighted by atomic mass is 79.9. The van der Waals surface area contributed by atoms with Gasteiger partial charge in [-0.15, -0.1) is 0 Å². The highest BCUT2D eigenvalue weighted by Crippen LogP contribution is 2.28. The second-order valence-corrected chi connectivity index (χ2v) is 4.19. The Morgan fingerprint density at radius 2 is 2.06 bits per heavy atom. The zero-order valence-corrected chi connectivity index (χ0v) is 10.9. The molecular formula is C14H9BrFNO. The van der Waals surface area contributed by atoms with Crippen molar-refractivity contribution in [2.24, 2.45) is 0 Å². The van der Waals surface area contributed by atoms with Crippen LogP contribution in [0.25, 0.3) is 0 Å². The zero-order valence-electron chi connectivity index (χ0n) is 9.36. The number of hydrogen-bond acceptors (Lipinski definition) is 2. The van der Waals surface area contributed by atoms with Crippen LogP contribution < -0.4 is 4.74 Å². The predicted molar refractivity (Wildman–Crippen MR) is 70.3 cm³/mol. The van der Waals surface area contributed by atoms with Gasteiger partial charge in [0.15, 0.2) is 0 Å². The van der Waals surface area contributed by atoms with E-state index < -0.39 is 0 Å². The maximum Gasteiger partial charge on any atom is 0.131 e. The molecule has 0 fully saturated rings. The Balaban J connectivity index is 2.31. The van der Waals surface area contributed by atoms with Crippen LogP contribution in [-0.2, 0) is 5.33 Å². The number of nitriles is 1. The maximum absolute atomic E-state index is 13.1. The third-order valence-corrected chi connectivity index (χ3v) is 2.96. The molecule has 90 valence electrons. The average molecular weight is 306 g/mol. The summed E-state index contributed by atoms with van der Waals surface area (Å²) >= 11 is 3.28. The van der Waals surface area contributed by atoms with E-state index in [1.807, 2.05) is 6.07 Å². The molecule has 18 heavy (non-hydrogen) atoms. The Bertz CT molecular complexity index is 607. The number of alkyl halides is 1. The molecule has 0 saturated heterocycles. The van der Waals surface area contributed by atoms with Crippen LogP contribution in [0.5, 0.6) is 11.5 Å². The van der Waals surface area contributed by atoms with Gasteiger partial charge in [-0.2, -0.15) is 5.26 Å². The lowest BCUT2D eigenvalue weighted by Crippen LogP contribution is -1.91. The fourth-order valence-electron chi connectivity index (χ4n) is 1.51. The molecule has 0 aliphatic heterocycles. The van der Waals surface area contributed by atoms with Crippen LogP contribution in [0.4, 0.5) is 4.39 Å². The second-order valence-electron chi connectivity index (χ2n) is 3.63. The average Bonchev–Trinajstić information content (AvgIpc) is 2.41. The minimum atomic E-state index is -0.303. The van der Waals surface area contributed by atoms with Crippen LogP contribution in [0.3, 0.4) is 0 Å². The quantitative estimate of drug-likeness (QED) is 0.788. The summed E-state index contributed by atoms with van der Waals surface area (Å²) in [6.45, 7) is 0. The molecule has 2 aromatic carbocycles. The third-order valence-electron chi connectivity index (χ3n) is 2.36. The van der Waals surface area contributed by atoms with Gasteiger partial charge in [-0.3, -0.25) is 0 Å². The van der Waals surface area contributed by atoms with E-state index in [2.05, 4.69) is 15.9 Å². The van der Waals surface area contributed by atoms with E-state index >= 15 is 0 Å². The standard InChI is InChI=1S/C14H9BrFNO/c15-8-11-7-12(16)4-5-14(11)18-13-3-1-2-10(6-13)9-17/h1-7H,8H2. The van der Waals surface area contributed by atoms with Gasteiger partial charge in [-0.1, -0.05) is 22.0 Å². The Kier molecular flexibility index (Phi) is 3.96. The fraction of sp³-hybridized carbons (Fsp3) is 0.0714. The van der Waals surface area contributed by atoms with Crippen molar-refractivity contribution in [3.8, 4) is 17.6 Å². The molecule has 0 saturated carbocycles. The summed E-state index contributed by atoms with van der Waals surface area (Å²) in [5, 5.41) is 9.30. The molecule has 2 aromatic rings. The number of ether oxygens (including phenoxy) is 1. The van der Waals surface area contributed by atoms with Crippen LogP contribution in [0.1, 0.15) is 11.1 Å². The normalized spacial score (nSPS) is 9.83. The van der Waals surface area contributed by atoms with Gasteiger partial charge in [0.25, 0.3) is 0 Å². The highest BCUT2D eigenvalue weighted by Gasteiger charge is 2.06. The minimum Gasteiger partial charge on any atom is -0.457 e. The van der Waals surface area contributed by atoms with Gasteiger partial charge in [0.2, 0.25) is 0 Å². The molecule has 0 bridgehead atoms. The molecular weight excluding hydrogens is 297 g/mol. The van der Waals surface area contributed by atoms with E-state index in [1.165, 1.54) is 12.1 Å². The van der Waals surface area contributed by atoms with E-state index in [9.17, 15) is 4.39 Å². The van der Waals surface area contributed by atoms with Crippen LogP contribution in [-0.4, -0.2) is 0 Å². The third kappa shape index (κ3) is 2.88. The Labute approximate surface area is 113 Å². The van der Waals surface area contributed by atoms with Crippen LogP contribution in [0, 0.1) is 17.1 Å². The van der Waals surface area contributed by atoms with Gasteiger partial charge in [0.05, 0.1) is 11.6 Å². The summed E-state index contributed by atoms with van der Waals surface area (Å²) in [6.07, 6.45) is 0. The van der Waals surface area contributed by atoms with Gasteiger partial charge in [0, 0.05) is 10.9 Å². The van der Waals surface area contributed by atoms with E-state index in [4.69, 9.17) is 10.00 Å². The molecule has 0 unspecified atom stereocenters. The molecule has 0 radical (unpaired) electrons. The molecule has 2 rings (SSSR count). The van der Waals surface area contributed by atoms with E-state index in [0.29, 0.717) is 22.4 Å². The predicted octanol–water partition coefficient (Wildman–Crippen LogP) is 4.38. The smallest absolute Gasteiger partial charge is 0.131 e. The second kappa shape index (κ2) is 5.65. The molecule has 0 atom stereocenters. The lowest BCUT2D eigenvalue weighted by Gasteiger charge is -2.09. The maximum atomic E-state index is 13.1. The number of rotatable bonds is 3. The van der Waals surface area contributed by atoms with Crippen LogP contribution in [0.15, 0.2) is 42.5 Å². The van der Waals surface area contributed by atoms with Gasteiger partial charge in [-0.25, -0.2) is 4.39 Å². The van der Waals surface area contributed by atoms with Gasteiger partial charge < -0.3 is 4.74 Å². The van der Waals surface area contributed by atoms with E-state index in [1.54, 1.807) is 30.3 Å². The molecule has 0 heterocycles. The van der Waals surface area contributed by atoms with Gasteiger partial charge >= 0.3 is 0 Å². The van der Waals surface area contributed by atoms with Gasteiger partial charge in [0.1, 0.15) is 17.3 Å². The first-order chi connectivity index (χ1) is 8.72. The molecule has 2 nitrogen and oxygen atoms in total. The number of nitrogens with zero attached hydrogens (tertiary/aromatic N) is 1. The fourth-order valence-corrected chi connectivity index (χ4v) is 1.95. The summed E-state index contributed by atoms with van der Waals surface area (Å²) in [6, 6.07) is 13.2. The number of hydrogen-bond donors (Lipinski definition) is 0. The lowest BCUT2D eigenvalue weighted by atomic mass is 10.2. The largest absolute Gasteiger partial charge is 0.457 e. The van der Waals surface area contributed by atoms with Crippen molar-refractivity contribution < 1.29 is 9.13 Å². The Morgan fingerprint density at radius 3 is 2.78 bits per heavy atom. The van der Waals surface area contributed by atoms with Crippen molar-refractivity contribution >= 4 is 15.9 Å².